The summed E-state index contributed by atoms with van der Waals surface area (Å²) in [6.45, 7) is 2.08. The van der Waals surface area contributed by atoms with E-state index in [1.807, 2.05) is 5.32 Å². The molecule has 1 heterocycles. The number of hydrogen-bond donors (Lipinski definition) is 1. The van der Waals surface area contributed by atoms with E-state index < -0.39 is 40.8 Å². The molecule has 0 unspecified atom stereocenters. The van der Waals surface area contributed by atoms with Crippen LogP contribution in [-0.2, 0) is 22.4 Å². The van der Waals surface area contributed by atoms with E-state index in [1.165, 1.54) is 12.1 Å². The summed E-state index contributed by atoms with van der Waals surface area (Å²) in [7, 11) is 0. The van der Waals surface area contributed by atoms with Crippen LogP contribution in [0, 0.1) is 0 Å². The maximum absolute atomic E-state index is 13.3. The first-order valence-corrected chi connectivity index (χ1v) is 13.5. The predicted octanol–water partition coefficient (Wildman–Crippen LogP) is 8.07. The van der Waals surface area contributed by atoms with Crippen molar-refractivity contribution in [1.82, 2.24) is 5.32 Å². The molecule has 41 heavy (non-hydrogen) atoms. The predicted molar refractivity (Wildman–Crippen MR) is 152 cm³/mol. The molecule has 1 N–H and O–H groups in total. The van der Waals surface area contributed by atoms with Crippen LogP contribution < -0.4 is 19.7 Å². The van der Waals surface area contributed by atoms with Crippen LogP contribution in [0.1, 0.15) is 23.6 Å². The molecule has 3 aromatic carbocycles. The van der Waals surface area contributed by atoms with Crippen molar-refractivity contribution in [3.63, 3.8) is 0 Å². The highest BCUT2D eigenvalue weighted by atomic mass is 79.9. The summed E-state index contributed by atoms with van der Waals surface area (Å²) in [5.41, 5.74) is -1.20. The van der Waals surface area contributed by atoms with Gasteiger partial charge in [0.1, 0.15) is 12.2 Å². The molecule has 0 spiro atoms. The minimum atomic E-state index is -4.77. The zero-order valence-electron chi connectivity index (χ0n) is 20.7. The van der Waals surface area contributed by atoms with E-state index in [0.29, 0.717) is 37.3 Å². The first-order chi connectivity index (χ1) is 19.3. The van der Waals surface area contributed by atoms with E-state index in [4.69, 9.17) is 44.3 Å². The summed E-state index contributed by atoms with van der Waals surface area (Å²) in [5.74, 6) is -1.65. The van der Waals surface area contributed by atoms with Gasteiger partial charge in [-0.2, -0.15) is 13.2 Å². The van der Waals surface area contributed by atoms with Crippen molar-refractivity contribution >= 4 is 80.3 Å². The number of carbonyl (C=O) groups excluding carboxylic acids is 3. The number of ether oxygens (including phenoxy) is 2. The number of amides is 4. The fraction of sp³-hybridized carbons (Fsp3) is 0.148. The lowest BCUT2D eigenvalue weighted by Crippen LogP contribution is -2.54. The van der Waals surface area contributed by atoms with Gasteiger partial charge in [0.15, 0.2) is 11.5 Å². The van der Waals surface area contributed by atoms with Gasteiger partial charge in [0.25, 0.3) is 11.8 Å². The quantitative estimate of drug-likeness (QED) is 0.200. The number of nitrogens with one attached hydrogen (secondary N) is 1. The van der Waals surface area contributed by atoms with Gasteiger partial charge in [0.2, 0.25) is 0 Å². The highest BCUT2D eigenvalue weighted by Gasteiger charge is 2.39. The van der Waals surface area contributed by atoms with Crippen molar-refractivity contribution < 1.29 is 37.0 Å². The van der Waals surface area contributed by atoms with Crippen molar-refractivity contribution in [3.8, 4) is 11.5 Å². The van der Waals surface area contributed by atoms with Crippen molar-refractivity contribution in [2.45, 2.75) is 19.7 Å². The Hall–Kier alpha value is -3.25. The van der Waals surface area contributed by atoms with E-state index in [-0.39, 0.29) is 29.5 Å². The number of anilines is 1. The smallest absolute Gasteiger partial charge is 0.416 e. The summed E-state index contributed by atoms with van der Waals surface area (Å²) >= 11 is 21.5. The lowest BCUT2D eigenvalue weighted by molar-refractivity contribution is -0.137. The van der Waals surface area contributed by atoms with Gasteiger partial charge in [0.05, 0.1) is 37.4 Å². The molecule has 1 fully saturated rings. The van der Waals surface area contributed by atoms with Crippen molar-refractivity contribution in [1.29, 1.82) is 0 Å². The molecule has 3 aromatic rings. The van der Waals surface area contributed by atoms with Gasteiger partial charge in [-0.3, -0.25) is 14.9 Å². The number of nitrogens with zero attached hydrogens (tertiary/aromatic N) is 1. The van der Waals surface area contributed by atoms with Gasteiger partial charge >= 0.3 is 12.2 Å². The zero-order chi connectivity index (χ0) is 30.1. The third-order valence-electron chi connectivity index (χ3n) is 5.63. The van der Waals surface area contributed by atoms with Gasteiger partial charge in [-0.1, -0.05) is 40.9 Å². The van der Waals surface area contributed by atoms with Gasteiger partial charge < -0.3 is 9.47 Å². The maximum atomic E-state index is 13.3. The van der Waals surface area contributed by atoms with Gasteiger partial charge in [0, 0.05) is 0 Å². The van der Waals surface area contributed by atoms with Crippen molar-refractivity contribution in [2.24, 2.45) is 0 Å². The number of hydrogen-bond acceptors (Lipinski definition) is 5. The van der Waals surface area contributed by atoms with Gasteiger partial charge in [-0.25, -0.2) is 9.69 Å². The summed E-state index contributed by atoms with van der Waals surface area (Å²) in [6.07, 6.45) is -3.61. The summed E-state index contributed by atoms with van der Waals surface area (Å²) < 4.78 is 51.9. The second kappa shape index (κ2) is 12.3. The first kappa shape index (κ1) is 30.7. The molecule has 0 aliphatic carbocycles. The van der Waals surface area contributed by atoms with E-state index >= 15 is 0 Å². The maximum Gasteiger partial charge on any atom is 0.416 e. The van der Waals surface area contributed by atoms with Crippen LogP contribution in [-0.4, -0.2) is 24.5 Å². The number of rotatable bonds is 7. The molecule has 214 valence electrons. The van der Waals surface area contributed by atoms with Crippen LogP contribution in [0.2, 0.25) is 15.1 Å². The Morgan fingerprint density at radius 2 is 1.66 bits per heavy atom. The molecule has 0 aromatic heterocycles. The largest absolute Gasteiger partial charge is 0.490 e. The third kappa shape index (κ3) is 6.81. The summed E-state index contributed by atoms with van der Waals surface area (Å²) in [6, 6.07) is 8.94. The van der Waals surface area contributed by atoms with Crippen LogP contribution in [0.5, 0.6) is 11.5 Å². The lowest BCUT2D eigenvalue weighted by Gasteiger charge is -2.27. The Labute approximate surface area is 254 Å². The average molecular weight is 693 g/mol. The molecule has 0 saturated carbocycles. The monoisotopic (exact) mass is 690 g/mol. The second-order valence-corrected chi connectivity index (χ2v) is 10.5. The van der Waals surface area contributed by atoms with E-state index in [1.54, 1.807) is 25.1 Å². The number of barbiturate groups is 1. The second-order valence-electron chi connectivity index (χ2n) is 8.42. The molecule has 0 atom stereocenters. The molecular formula is C27H17BrCl3F3N2O5. The van der Waals surface area contributed by atoms with Gasteiger partial charge in [-0.15, -0.1) is 0 Å². The van der Waals surface area contributed by atoms with E-state index in [9.17, 15) is 27.6 Å². The molecule has 1 aliphatic heterocycles. The topological polar surface area (TPSA) is 84.9 Å². The average Bonchev–Trinajstić information content (AvgIpc) is 2.88. The normalized spacial score (nSPS) is 14.9. The summed E-state index contributed by atoms with van der Waals surface area (Å²) in [4.78, 5) is 38.8. The van der Waals surface area contributed by atoms with Crippen LogP contribution in [0.4, 0.5) is 23.7 Å². The molecule has 14 heteroatoms. The lowest BCUT2D eigenvalue weighted by atomic mass is 10.1. The first-order valence-electron chi connectivity index (χ1n) is 11.6. The van der Waals surface area contributed by atoms with Crippen molar-refractivity contribution in [3.05, 3.63) is 90.3 Å². The Bertz CT molecular complexity index is 1600. The minimum absolute atomic E-state index is 0.103. The number of halogens is 7. The number of carbonyl (C=O) groups is 3. The fourth-order valence-electron chi connectivity index (χ4n) is 3.76. The Kier molecular flexibility index (Phi) is 9.22. The molecule has 0 bridgehead atoms. The molecule has 4 rings (SSSR count). The summed E-state index contributed by atoms with van der Waals surface area (Å²) in [5, 5.41) is 2.40. The fourth-order valence-corrected chi connectivity index (χ4v) is 4.86. The molecule has 1 saturated heterocycles. The van der Waals surface area contributed by atoms with Gasteiger partial charge in [-0.05, 0) is 82.5 Å². The number of benzene rings is 3. The molecule has 7 nitrogen and oxygen atoms in total. The van der Waals surface area contributed by atoms with E-state index in [2.05, 4.69) is 15.9 Å². The molecule has 0 radical (unpaired) electrons. The standard InChI is InChI=1S/C27H17BrCl3F3N2O5/c1-2-40-22-10-14(8-17(28)23(22)41-12-13-3-5-18(29)20(31)9-13)7-16-24(37)35-26(39)36(25(16)38)21-11-15(27(32,33)34)4-6-19(21)30/h3-11H,2,12H2,1H3,(H,35,37,39)/b16-7+. The Balaban J connectivity index is 1.69. The third-order valence-corrected chi connectivity index (χ3v) is 7.27. The highest BCUT2D eigenvalue weighted by Crippen LogP contribution is 2.40. The van der Waals surface area contributed by atoms with Crippen LogP contribution in [0.25, 0.3) is 6.08 Å². The molecule has 1 aliphatic rings. The molecule has 4 amide bonds. The van der Waals surface area contributed by atoms with Crippen LogP contribution >= 0.6 is 50.7 Å². The SMILES string of the molecule is CCOc1cc(/C=C2\C(=O)NC(=O)N(c3cc(C(F)(F)F)ccc3Cl)C2=O)cc(Br)c1OCc1ccc(Cl)c(Cl)c1. The Morgan fingerprint density at radius 3 is 2.32 bits per heavy atom. The number of alkyl halides is 3. The molecular weight excluding hydrogens is 676 g/mol. The van der Waals surface area contributed by atoms with Crippen LogP contribution in [0.15, 0.2) is 58.6 Å². The number of urea groups is 1. The minimum Gasteiger partial charge on any atom is -0.490 e. The van der Waals surface area contributed by atoms with Crippen molar-refractivity contribution in [2.75, 3.05) is 11.5 Å². The zero-order valence-corrected chi connectivity index (χ0v) is 24.6. The number of imide groups is 2. The van der Waals surface area contributed by atoms with E-state index in [0.717, 1.165) is 17.7 Å². The highest BCUT2D eigenvalue weighted by molar-refractivity contribution is 9.10. The van der Waals surface area contributed by atoms with Crippen LogP contribution in [0.3, 0.4) is 0 Å². The Morgan fingerprint density at radius 1 is 0.951 bits per heavy atom.